The lowest BCUT2D eigenvalue weighted by Crippen LogP contribution is -2.61. The standard InChI is InChI=1S/C45H47N7O4/c1-29-19-20-34(27-36(29)49-45(55)52(24-12-13-30(52)2)40(53)25-31-14-7-5-8-15-31)43-46-28-39(56-43)33-21-22-35-37(26-33)48-42(47-35)38-18-11-23-51(38)44(54)41(50(3)4)32-16-9-6-10-17-32/h5-10,14-17,19-22,26-28,30,38,41H,11-13,18,23-25H2,1-4H3,(H-,47,48,49,55)/p+1/t30-,38+,41-,52?/m1/s1. The topological polar surface area (TPSA) is 124 Å². The maximum atomic E-state index is 14.1. The number of fused-ring (bicyclic) bond motifs is 1. The predicted octanol–water partition coefficient (Wildman–Crippen LogP) is 8.46. The van der Waals surface area contributed by atoms with E-state index in [1.54, 1.807) is 6.20 Å². The summed E-state index contributed by atoms with van der Waals surface area (Å²) >= 11 is 0. The maximum absolute atomic E-state index is 14.1. The molecule has 6 aromatic rings. The first kappa shape index (κ1) is 37.0. The van der Waals surface area contributed by atoms with Crippen LogP contribution in [0.4, 0.5) is 10.5 Å². The second kappa shape index (κ2) is 15.3. The number of benzene rings is 4. The van der Waals surface area contributed by atoms with Crippen molar-refractivity contribution < 1.29 is 23.3 Å². The van der Waals surface area contributed by atoms with E-state index in [1.807, 2.05) is 135 Å². The molecule has 0 aliphatic carbocycles. The molecular formula is C45H48N7O4+. The summed E-state index contributed by atoms with van der Waals surface area (Å²) in [5.74, 6) is 1.74. The number of aromatic nitrogens is 3. The van der Waals surface area contributed by atoms with Crippen LogP contribution in [0, 0.1) is 6.92 Å². The molecule has 4 aromatic carbocycles. The molecule has 0 bridgehead atoms. The van der Waals surface area contributed by atoms with E-state index in [2.05, 4.69) is 15.3 Å². The quantitative estimate of drug-likeness (QED) is 0.142. The molecule has 0 radical (unpaired) electrons. The number of hydrogen-bond donors (Lipinski definition) is 2. The van der Waals surface area contributed by atoms with Crippen molar-refractivity contribution in [2.24, 2.45) is 0 Å². The Balaban J connectivity index is 1.01. The lowest BCUT2D eigenvalue weighted by atomic mass is 10.0. The number of nitrogens with zero attached hydrogens (tertiary/aromatic N) is 5. The van der Waals surface area contributed by atoms with Gasteiger partial charge in [0.1, 0.15) is 17.9 Å². The normalized spacial score (nSPS) is 20.1. The van der Waals surface area contributed by atoms with Crippen LogP contribution in [0.5, 0.6) is 0 Å². The van der Waals surface area contributed by atoms with Crippen LogP contribution in [-0.4, -0.2) is 80.3 Å². The summed E-state index contributed by atoms with van der Waals surface area (Å²) in [4.78, 5) is 58.9. The molecule has 1 unspecified atom stereocenters. The minimum absolute atomic E-state index is 0.0704. The number of carbonyl (C=O) groups is 3. The lowest BCUT2D eigenvalue weighted by molar-refractivity contribution is -0.782. The largest absolute Gasteiger partial charge is 0.436 e. The number of H-pyrrole nitrogens is 1. The third kappa shape index (κ3) is 6.93. The van der Waals surface area contributed by atoms with Crippen molar-refractivity contribution >= 4 is 34.6 Å². The molecule has 56 heavy (non-hydrogen) atoms. The van der Waals surface area contributed by atoms with Crippen LogP contribution in [0.25, 0.3) is 33.8 Å². The molecule has 0 saturated carbocycles. The number of oxazole rings is 1. The van der Waals surface area contributed by atoms with Crippen LogP contribution in [0.3, 0.4) is 0 Å². The number of nitrogens with one attached hydrogen (secondary N) is 2. The first-order valence-corrected chi connectivity index (χ1v) is 19.5. The van der Waals surface area contributed by atoms with Crippen molar-refractivity contribution in [2.75, 3.05) is 32.5 Å². The Bertz CT molecular complexity index is 2390. The highest BCUT2D eigenvalue weighted by Gasteiger charge is 2.52. The van der Waals surface area contributed by atoms with Gasteiger partial charge < -0.3 is 14.3 Å². The molecule has 2 N–H and O–H groups in total. The van der Waals surface area contributed by atoms with E-state index in [0.717, 1.165) is 64.8 Å². The molecule has 2 aliphatic rings. The van der Waals surface area contributed by atoms with Crippen molar-refractivity contribution in [2.45, 2.75) is 64.1 Å². The summed E-state index contributed by atoms with van der Waals surface area (Å²) < 4.78 is 6.09. The summed E-state index contributed by atoms with van der Waals surface area (Å²) in [6.45, 7) is 5.08. The van der Waals surface area contributed by atoms with Gasteiger partial charge in [0.15, 0.2) is 5.76 Å². The number of likely N-dealkylation sites (tertiary alicyclic amines) is 2. The van der Waals surface area contributed by atoms with Gasteiger partial charge in [0, 0.05) is 36.2 Å². The van der Waals surface area contributed by atoms with Gasteiger partial charge in [-0.05, 0) is 87.8 Å². The Morgan fingerprint density at radius 2 is 1.70 bits per heavy atom. The van der Waals surface area contributed by atoms with E-state index in [1.165, 1.54) is 0 Å². The number of amides is 4. The van der Waals surface area contributed by atoms with Crippen molar-refractivity contribution in [1.29, 1.82) is 0 Å². The summed E-state index contributed by atoms with van der Waals surface area (Å²) in [5, 5.41) is 3.12. The van der Waals surface area contributed by atoms with Crippen LogP contribution >= 0.6 is 0 Å². The predicted molar refractivity (Wildman–Crippen MR) is 216 cm³/mol. The zero-order valence-electron chi connectivity index (χ0n) is 32.4. The van der Waals surface area contributed by atoms with E-state index in [9.17, 15) is 14.4 Å². The number of urea groups is 1. The Morgan fingerprint density at radius 1 is 0.946 bits per heavy atom. The number of anilines is 1. The van der Waals surface area contributed by atoms with Gasteiger partial charge in [-0.1, -0.05) is 66.7 Å². The van der Waals surface area contributed by atoms with Crippen molar-refractivity contribution in [3.63, 3.8) is 0 Å². The average molecular weight is 751 g/mol. The minimum Gasteiger partial charge on any atom is -0.436 e. The molecular weight excluding hydrogens is 703 g/mol. The number of quaternary nitrogens is 1. The molecule has 0 spiro atoms. The van der Waals surface area contributed by atoms with Gasteiger partial charge in [-0.3, -0.25) is 15.0 Å². The highest BCUT2D eigenvalue weighted by atomic mass is 16.4. The van der Waals surface area contributed by atoms with Crippen LogP contribution in [-0.2, 0) is 16.0 Å². The minimum atomic E-state index is -0.379. The van der Waals surface area contributed by atoms with Crippen LogP contribution < -0.4 is 5.32 Å². The SMILES string of the molecule is Cc1ccc(-c2ncc(-c3ccc4nc([C@@H]5CCCN5C(=O)[C@@H](c5ccccc5)N(C)C)[nH]c4c3)o2)cc1NC(=O)[N+]1(C(=O)Cc2ccccc2)CCC[C@H]1C. The number of aryl methyl sites for hydroxylation is 1. The van der Waals surface area contributed by atoms with Gasteiger partial charge in [-0.25, -0.2) is 19.6 Å². The third-order valence-electron chi connectivity index (χ3n) is 11.6. The Hall–Kier alpha value is -5.91. The van der Waals surface area contributed by atoms with Crippen molar-refractivity contribution in [1.82, 2.24) is 24.8 Å². The van der Waals surface area contributed by atoms with Gasteiger partial charge in [-0.15, -0.1) is 0 Å². The van der Waals surface area contributed by atoms with Gasteiger partial charge in [0.05, 0.1) is 36.2 Å². The van der Waals surface area contributed by atoms with Gasteiger partial charge in [-0.2, -0.15) is 4.48 Å². The van der Waals surface area contributed by atoms with Crippen molar-refractivity contribution in [3.05, 3.63) is 126 Å². The monoisotopic (exact) mass is 750 g/mol. The highest BCUT2D eigenvalue weighted by molar-refractivity contribution is 5.94. The average Bonchev–Trinajstić information content (AvgIpc) is 4.02. The zero-order valence-corrected chi connectivity index (χ0v) is 32.4. The smallest absolute Gasteiger partial charge is 0.428 e. The second-order valence-electron chi connectivity index (χ2n) is 15.4. The number of rotatable bonds is 9. The Kier molecular flexibility index (Phi) is 10.1. The number of carbonyl (C=O) groups excluding carboxylic acids is 3. The highest BCUT2D eigenvalue weighted by Crippen LogP contribution is 2.37. The number of hydrogen-bond acceptors (Lipinski definition) is 7. The van der Waals surface area contributed by atoms with Crippen LogP contribution in [0.15, 0.2) is 108 Å². The molecule has 2 aromatic heterocycles. The van der Waals surface area contributed by atoms with Gasteiger partial charge in [0.2, 0.25) is 11.8 Å². The molecule has 286 valence electrons. The van der Waals surface area contributed by atoms with E-state index in [0.29, 0.717) is 36.0 Å². The van der Waals surface area contributed by atoms with Crippen molar-refractivity contribution in [3.8, 4) is 22.8 Å². The summed E-state index contributed by atoms with van der Waals surface area (Å²) in [5.41, 5.74) is 6.54. The fraction of sp³-hybridized carbons (Fsp3) is 0.311. The van der Waals surface area contributed by atoms with Gasteiger partial charge in [0.25, 0.3) is 0 Å². The molecule has 4 atom stereocenters. The second-order valence-corrected chi connectivity index (χ2v) is 15.4. The molecule has 4 heterocycles. The molecule has 11 heteroatoms. The Labute approximate surface area is 327 Å². The molecule has 11 nitrogen and oxygen atoms in total. The molecule has 2 aliphatic heterocycles. The molecule has 8 rings (SSSR count). The third-order valence-corrected chi connectivity index (χ3v) is 11.6. The molecule has 4 amide bonds. The first-order chi connectivity index (χ1) is 27.1. The van der Waals surface area contributed by atoms with Crippen LogP contribution in [0.1, 0.15) is 67.2 Å². The van der Waals surface area contributed by atoms with E-state index in [4.69, 9.17) is 9.40 Å². The number of aromatic amines is 1. The number of imide groups is 1. The molecule has 2 fully saturated rings. The summed E-state index contributed by atoms with van der Waals surface area (Å²) in [6, 6.07) is 30.2. The van der Waals surface area contributed by atoms with Crippen LogP contribution in [0.2, 0.25) is 0 Å². The van der Waals surface area contributed by atoms with E-state index >= 15 is 0 Å². The Morgan fingerprint density at radius 3 is 2.43 bits per heavy atom. The van der Waals surface area contributed by atoms with E-state index in [-0.39, 0.29) is 46.9 Å². The van der Waals surface area contributed by atoms with Gasteiger partial charge >= 0.3 is 11.9 Å². The summed E-state index contributed by atoms with van der Waals surface area (Å²) in [7, 11) is 3.88. The van der Waals surface area contributed by atoms with E-state index < -0.39 is 0 Å². The zero-order chi connectivity index (χ0) is 39.0. The maximum Gasteiger partial charge on any atom is 0.428 e. The fourth-order valence-electron chi connectivity index (χ4n) is 8.53. The fourth-order valence-corrected chi connectivity index (χ4v) is 8.53. The number of imidazole rings is 1. The lowest BCUT2D eigenvalue weighted by Gasteiger charge is -2.33. The first-order valence-electron chi connectivity index (χ1n) is 19.5. The molecule has 2 saturated heterocycles. The number of likely N-dealkylation sites (N-methyl/N-ethyl adjacent to an activating group) is 1. The summed E-state index contributed by atoms with van der Waals surface area (Å²) in [6.07, 6.45) is 5.26.